The van der Waals surface area contributed by atoms with Gasteiger partial charge in [0.2, 0.25) is 0 Å². The van der Waals surface area contributed by atoms with Crippen LogP contribution in [0.2, 0.25) is 0 Å². The molecule has 2 rings (SSSR count). The van der Waals surface area contributed by atoms with Crippen molar-refractivity contribution in [3.8, 4) is 0 Å². The molecule has 0 radical (unpaired) electrons. The summed E-state index contributed by atoms with van der Waals surface area (Å²) in [6.07, 6.45) is 3.23. The maximum atomic E-state index is 9.32. The summed E-state index contributed by atoms with van der Waals surface area (Å²) in [5, 5.41) is 15.6. The van der Waals surface area contributed by atoms with E-state index in [9.17, 15) is 5.11 Å². The molecule has 0 amide bonds. The van der Waals surface area contributed by atoms with Crippen LogP contribution in [0.4, 0.5) is 11.6 Å². The largest absolute Gasteiger partial charge is 0.394 e. The van der Waals surface area contributed by atoms with Gasteiger partial charge in [-0.2, -0.15) is 0 Å². The van der Waals surface area contributed by atoms with Crippen molar-refractivity contribution in [2.75, 3.05) is 24.3 Å². The van der Waals surface area contributed by atoms with E-state index in [-0.39, 0.29) is 12.1 Å². The Morgan fingerprint density at radius 2 is 2.13 bits per heavy atom. The molecule has 0 bridgehead atoms. The van der Waals surface area contributed by atoms with Crippen molar-refractivity contribution in [2.24, 2.45) is 0 Å². The molecule has 4 heteroatoms. The van der Waals surface area contributed by atoms with Gasteiger partial charge in [-0.15, -0.1) is 0 Å². The monoisotopic (exact) mass is 207 g/mol. The van der Waals surface area contributed by atoms with E-state index in [0.717, 1.165) is 24.5 Å². The van der Waals surface area contributed by atoms with Crippen molar-refractivity contribution >= 4 is 11.6 Å². The molecule has 0 aromatic carbocycles. The summed E-state index contributed by atoms with van der Waals surface area (Å²) in [7, 11) is 1.84. The fourth-order valence-electron chi connectivity index (χ4n) is 1.84. The summed E-state index contributed by atoms with van der Waals surface area (Å²) < 4.78 is 0. The van der Waals surface area contributed by atoms with Crippen molar-refractivity contribution < 1.29 is 5.11 Å². The molecule has 0 aliphatic heterocycles. The second-order valence-corrected chi connectivity index (χ2v) is 4.08. The van der Waals surface area contributed by atoms with Crippen molar-refractivity contribution in [1.82, 2.24) is 4.98 Å². The number of aliphatic hydroxyl groups excluding tert-OH is 1. The first-order valence-corrected chi connectivity index (χ1v) is 5.32. The summed E-state index contributed by atoms with van der Waals surface area (Å²) in [6.45, 7) is 0.179. The lowest BCUT2D eigenvalue weighted by Gasteiger charge is -2.41. The van der Waals surface area contributed by atoms with Gasteiger partial charge in [-0.25, -0.2) is 4.98 Å². The molecule has 1 saturated carbocycles. The third-order valence-electron chi connectivity index (χ3n) is 3.01. The van der Waals surface area contributed by atoms with Gasteiger partial charge in [0.1, 0.15) is 11.6 Å². The van der Waals surface area contributed by atoms with Gasteiger partial charge >= 0.3 is 0 Å². The zero-order valence-corrected chi connectivity index (χ0v) is 8.95. The van der Waals surface area contributed by atoms with Crippen molar-refractivity contribution in [2.45, 2.75) is 24.8 Å². The minimum atomic E-state index is -0.126. The number of aliphatic hydroxyl groups is 1. The van der Waals surface area contributed by atoms with Crippen LogP contribution >= 0.6 is 0 Å². The second-order valence-electron chi connectivity index (χ2n) is 4.08. The summed E-state index contributed by atoms with van der Waals surface area (Å²) in [4.78, 5) is 4.37. The van der Waals surface area contributed by atoms with Gasteiger partial charge < -0.3 is 15.7 Å². The maximum absolute atomic E-state index is 9.32. The Hall–Kier alpha value is -1.29. The van der Waals surface area contributed by atoms with Crippen LogP contribution in [0.1, 0.15) is 19.3 Å². The predicted octanol–water partition coefficient (Wildman–Crippen LogP) is 1.45. The van der Waals surface area contributed by atoms with Crippen LogP contribution in [-0.2, 0) is 0 Å². The number of anilines is 2. The van der Waals surface area contributed by atoms with Gasteiger partial charge in [0.05, 0.1) is 12.1 Å². The zero-order valence-electron chi connectivity index (χ0n) is 8.95. The van der Waals surface area contributed by atoms with Gasteiger partial charge in [0, 0.05) is 7.05 Å². The lowest BCUT2D eigenvalue weighted by atomic mass is 9.77. The predicted molar refractivity (Wildman–Crippen MR) is 61.1 cm³/mol. The normalized spacial score (nSPS) is 18.0. The van der Waals surface area contributed by atoms with Gasteiger partial charge in [-0.05, 0) is 31.4 Å². The van der Waals surface area contributed by atoms with Crippen LogP contribution in [0.5, 0.6) is 0 Å². The Labute approximate surface area is 89.7 Å². The average Bonchev–Trinajstić information content (AvgIpc) is 2.24. The number of hydrogen-bond donors (Lipinski definition) is 3. The van der Waals surface area contributed by atoms with Crippen LogP contribution < -0.4 is 10.6 Å². The summed E-state index contributed by atoms with van der Waals surface area (Å²) in [6, 6.07) is 5.79. The third kappa shape index (κ3) is 2.04. The molecule has 0 saturated heterocycles. The van der Waals surface area contributed by atoms with Gasteiger partial charge in [0.25, 0.3) is 0 Å². The van der Waals surface area contributed by atoms with Crippen LogP contribution in [0.25, 0.3) is 0 Å². The number of aromatic nitrogens is 1. The standard InChI is InChI=1S/C11H17N3O/c1-12-9-4-2-5-10(13-9)14-11(8-15)6-3-7-11/h2,4-5,15H,3,6-8H2,1H3,(H2,12,13,14). The molecule has 0 atom stereocenters. The van der Waals surface area contributed by atoms with Crippen LogP contribution in [0.3, 0.4) is 0 Å². The molecule has 1 fully saturated rings. The highest BCUT2D eigenvalue weighted by atomic mass is 16.3. The highest BCUT2D eigenvalue weighted by Gasteiger charge is 2.36. The lowest BCUT2D eigenvalue weighted by molar-refractivity contribution is 0.144. The number of pyridine rings is 1. The Morgan fingerprint density at radius 3 is 2.67 bits per heavy atom. The fraction of sp³-hybridized carbons (Fsp3) is 0.545. The third-order valence-corrected chi connectivity index (χ3v) is 3.01. The van der Waals surface area contributed by atoms with E-state index < -0.39 is 0 Å². The Balaban J connectivity index is 2.09. The minimum Gasteiger partial charge on any atom is -0.394 e. The summed E-state index contributed by atoms with van der Waals surface area (Å²) >= 11 is 0. The Morgan fingerprint density at radius 1 is 1.40 bits per heavy atom. The van der Waals surface area contributed by atoms with E-state index >= 15 is 0 Å². The molecule has 1 aromatic heterocycles. The van der Waals surface area contributed by atoms with Crippen LogP contribution in [0, 0.1) is 0 Å². The lowest BCUT2D eigenvalue weighted by Crippen LogP contribution is -2.48. The zero-order chi connectivity index (χ0) is 10.7. The topological polar surface area (TPSA) is 57.2 Å². The first kappa shape index (κ1) is 10.2. The van der Waals surface area contributed by atoms with E-state index in [0.29, 0.717) is 0 Å². The van der Waals surface area contributed by atoms with Crippen molar-refractivity contribution in [3.05, 3.63) is 18.2 Å². The first-order chi connectivity index (χ1) is 7.28. The maximum Gasteiger partial charge on any atom is 0.128 e. The number of rotatable bonds is 4. The smallest absolute Gasteiger partial charge is 0.128 e. The Bertz CT molecular complexity index is 331. The molecule has 15 heavy (non-hydrogen) atoms. The fourth-order valence-corrected chi connectivity index (χ4v) is 1.84. The molecule has 1 aromatic rings. The number of hydrogen-bond acceptors (Lipinski definition) is 4. The molecule has 0 spiro atoms. The van der Waals surface area contributed by atoms with E-state index in [2.05, 4.69) is 15.6 Å². The van der Waals surface area contributed by atoms with E-state index in [1.54, 1.807) is 0 Å². The van der Waals surface area contributed by atoms with Gasteiger partial charge in [0.15, 0.2) is 0 Å². The SMILES string of the molecule is CNc1cccc(NC2(CO)CCC2)n1. The molecule has 1 heterocycles. The van der Waals surface area contributed by atoms with Gasteiger partial charge in [-0.1, -0.05) is 6.07 Å². The molecular formula is C11H17N3O. The number of nitrogens with zero attached hydrogens (tertiary/aromatic N) is 1. The van der Waals surface area contributed by atoms with E-state index in [1.807, 2.05) is 25.2 Å². The molecule has 4 nitrogen and oxygen atoms in total. The van der Waals surface area contributed by atoms with Crippen molar-refractivity contribution in [1.29, 1.82) is 0 Å². The Kier molecular flexibility index (Phi) is 2.77. The molecule has 82 valence electrons. The van der Waals surface area contributed by atoms with Crippen LogP contribution in [-0.4, -0.2) is 29.3 Å². The minimum absolute atomic E-state index is 0.126. The van der Waals surface area contributed by atoms with Crippen LogP contribution in [0.15, 0.2) is 18.2 Å². The molecule has 0 unspecified atom stereocenters. The molecule has 1 aliphatic rings. The second kappa shape index (κ2) is 4.06. The average molecular weight is 207 g/mol. The van der Waals surface area contributed by atoms with Crippen molar-refractivity contribution in [3.63, 3.8) is 0 Å². The number of nitrogens with one attached hydrogen (secondary N) is 2. The quantitative estimate of drug-likeness (QED) is 0.699. The van der Waals surface area contributed by atoms with E-state index in [1.165, 1.54) is 6.42 Å². The highest BCUT2D eigenvalue weighted by molar-refractivity contribution is 5.46. The molecular weight excluding hydrogens is 190 g/mol. The van der Waals surface area contributed by atoms with Gasteiger partial charge in [-0.3, -0.25) is 0 Å². The summed E-state index contributed by atoms with van der Waals surface area (Å²) in [5.41, 5.74) is -0.126. The van der Waals surface area contributed by atoms with E-state index in [4.69, 9.17) is 0 Å². The first-order valence-electron chi connectivity index (χ1n) is 5.32. The summed E-state index contributed by atoms with van der Waals surface area (Å²) in [5.74, 6) is 1.67. The molecule has 1 aliphatic carbocycles. The highest BCUT2D eigenvalue weighted by Crippen LogP contribution is 2.34. The molecule has 3 N–H and O–H groups in total.